The molecule has 0 N–H and O–H groups in total. The average Bonchev–Trinajstić information content (AvgIpc) is 2.15. The second kappa shape index (κ2) is 5.00. The van der Waals surface area contributed by atoms with Gasteiger partial charge in [-0.2, -0.15) is 0 Å². The van der Waals surface area contributed by atoms with Gasteiger partial charge < -0.3 is 4.90 Å². The van der Waals surface area contributed by atoms with Gasteiger partial charge in [0.05, 0.1) is 0 Å². The van der Waals surface area contributed by atoms with Crippen molar-refractivity contribution < 1.29 is 4.79 Å². The summed E-state index contributed by atoms with van der Waals surface area (Å²) in [4.78, 5) is 13.8. The van der Waals surface area contributed by atoms with Crippen LogP contribution in [-0.2, 0) is 0 Å². The van der Waals surface area contributed by atoms with Gasteiger partial charge in [-0.05, 0) is 29.7 Å². The van der Waals surface area contributed by atoms with E-state index >= 15 is 0 Å². The molecule has 0 heterocycles. The van der Waals surface area contributed by atoms with E-state index in [4.69, 9.17) is 0 Å². The van der Waals surface area contributed by atoms with Crippen molar-refractivity contribution in [1.82, 2.24) is 4.90 Å². The average molecular weight is 284 g/mol. The maximum Gasteiger partial charge on any atom is 0.253 e. The normalized spacial score (nSPS) is 11.3. The standard InChI is InChI=1S/C13H18BrNO/c1-13(2,3)9-15(4)12(16)10-5-7-11(14)8-6-10/h5-8H,9H2,1-4H3. The van der Waals surface area contributed by atoms with Crippen molar-refractivity contribution in [2.24, 2.45) is 5.41 Å². The third-order valence-electron chi connectivity index (χ3n) is 2.15. The van der Waals surface area contributed by atoms with Crippen LogP contribution >= 0.6 is 15.9 Å². The molecule has 0 atom stereocenters. The molecule has 0 saturated carbocycles. The Kier molecular flexibility index (Phi) is 4.14. The van der Waals surface area contributed by atoms with Gasteiger partial charge in [-0.25, -0.2) is 0 Å². The number of carbonyl (C=O) groups excluding carboxylic acids is 1. The fourth-order valence-corrected chi connectivity index (χ4v) is 1.86. The van der Waals surface area contributed by atoms with E-state index in [-0.39, 0.29) is 11.3 Å². The molecule has 0 fully saturated rings. The van der Waals surface area contributed by atoms with Gasteiger partial charge in [-0.3, -0.25) is 4.79 Å². The summed E-state index contributed by atoms with van der Waals surface area (Å²) in [5.74, 6) is 0.0717. The molecular weight excluding hydrogens is 266 g/mol. The van der Waals surface area contributed by atoms with Gasteiger partial charge in [0.1, 0.15) is 0 Å². The zero-order chi connectivity index (χ0) is 12.3. The van der Waals surface area contributed by atoms with E-state index in [0.717, 1.165) is 16.6 Å². The van der Waals surface area contributed by atoms with Gasteiger partial charge in [-0.1, -0.05) is 36.7 Å². The number of rotatable bonds is 2. The number of hydrogen-bond acceptors (Lipinski definition) is 1. The molecular formula is C13H18BrNO. The van der Waals surface area contributed by atoms with Crippen molar-refractivity contribution in [2.45, 2.75) is 20.8 Å². The molecule has 16 heavy (non-hydrogen) atoms. The van der Waals surface area contributed by atoms with E-state index in [1.807, 2.05) is 31.3 Å². The topological polar surface area (TPSA) is 20.3 Å². The molecule has 1 rings (SSSR count). The predicted molar refractivity (Wildman–Crippen MR) is 70.6 cm³/mol. The third-order valence-corrected chi connectivity index (χ3v) is 2.68. The summed E-state index contributed by atoms with van der Waals surface area (Å²) >= 11 is 3.36. The zero-order valence-corrected chi connectivity index (χ0v) is 11.8. The molecule has 2 nitrogen and oxygen atoms in total. The minimum Gasteiger partial charge on any atom is -0.341 e. The molecule has 0 unspecified atom stereocenters. The quantitative estimate of drug-likeness (QED) is 0.813. The highest BCUT2D eigenvalue weighted by Gasteiger charge is 2.18. The Labute approximate surface area is 106 Å². The summed E-state index contributed by atoms with van der Waals surface area (Å²) < 4.78 is 0.988. The number of carbonyl (C=O) groups is 1. The Morgan fingerprint density at radius 3 is 2.19 bits per heavy atom. The Morgan fingerprint density at radius 1 is 1.25 bits per heavy atom. The Morgan fingerprint density at radius 2 is 1.75 bits per heavy atom. The summed E-state index contributed by atoms with van der Waals surface area (Å²) in [6, 6.07) is 7.45. The Balaban J connectivity index is 2.74. The molecule has 0 aliphatic carbocycles. The van der Waals surface area contributed by atoms with Crippen LogP contribution in [0.5, 0.6) is 0 Å². The molecule has 1 amide bonds. The first-order valence-corrected chi connectivity index (χ1v) is 6.10. The molecule has 0 spiro atoms. The lowest BCUT2D eigenvalue weighted by atomic mass is 9.96. The Hall–Kier alpha value is -0.830. The van der Waals surface area contributed by atoms with Crippen LogP contribution in [-0.4, -0.2) is 24.4 Å². The van der Waals surface area contributed by atoms with E-state index in [0.29, 0.717) is 0 Å². The maximum absolute atomic E-state index is 12.0. The number of amides is 1. The number of benzene rings is 1. The van der Waals surface area contributed by atoms with Crippen LogP contribution in [0.25, 0.3) is 0 Å². The summed E-state index contributed by atoms with van der Waals surface area (Å²) in [5, 5.41) is 0. The van der Waals surface area contributed by atoms with Crippen LogP contribution in [0.15, 0.2) is 28.7 Å². The van der Waals surface area contributed by atoms with Crippen molar-refractivity contribution in [3.05, 3.63) is 34.3 Å². The molecule has 0 bridgehead atoms. The molecule has 1 aromatic carbocycles. The molecule has 0 saturated heterocycles. The van der Waals surface area contributed by atoms with Crippen LogP contribution in [0, 0.1) is 5.41 Å². The monoisotopic (exact) mass is 283 g/mol. The first kappa shape index (κ1) is 13.2. The second-order valence-corrected chi connectivity index (χ2v) is 6.14. The largest absolute Gasteiger partial charge is 0.341 e. The lowest BCUT2D eigenvalue weighted by molar-refractivity contribution is 0.0745. The van der Waals surface area contributed by atoms with E-state index in [1.165, 1.54) is 0 Å². The first-order valence-electron chi connectivity index (χ1n) is 5.31. The first-order chi connectivity index (χ1) is 7.29. The second-order valence-electron chi connectivity index (χ2n) is 5.23. The van der Waals surface area contributed by atoms with Crippen LogP contribution in [0.4, 0.5) is 0 Å². The molecule has 1 aromatic rings. The van der Waals surface area contributed by atoms with E-state index in [2.05, 4.69) is 36.7 Å². The summed E-state index contributed by atoms with van der Waals surface area (Å²) in [7, 11) is 1.84. The van der Waals surface area contributed by atoms with Crippen molar-refractivity contribution in [2.75, 3.05) is 13.6 Å². The van der Waals surface area contributed by atoms with Gasteiger partial charge in [0.2, 0.25) is 0 Å². The van der Waals surface area contributed by atoms with Gasteiger partial charge >= 0.3 is 0 Å². The van der Waals surface area contributed by atoms with Gasteiger partial charge in [-0.15, -0.1) is 0 Å². The van der Waals surface area contributed by atoms with Gasteiger partial charge in [0.15, 0.2) is 0 Å². The van der Waals surface area contributed by atoms with Crippen LogP contribution < -0.4 is 0 Å². The molecule has 88 valence electrons. The summed E-state index contributed by atoms with van der Waals surface area (Å²) in [6.07, 6.45) is 0. The smallest absolute Gasteiger partial charge is 0.253 e. The molecule has 0 aliphatic rings. The van der Waals surface area contributed by atoms with Crippen molar-refractivity contribution >= 4 is 21.8 Å². The minimum absolute atomic E-state index is 0.0717. The lowest BCUT2D eigenvalue weighted by Gasteiger charge is -2.26. The fourth-order valence-electron chi connectivity index (χ4n) is 1.60. The van der Waals surface area contributed by atoms with Crippen LogP contribution in [0.3, 0.4) is 0 Å². The van der Waals surface area contributed by atoms with Gasteiger partial charge in [0.25, 0.3) is 5.91 Å². The van der Waals surface area contributed by atoms with E-state index in [1.54, 1.807) is 4.90 Å². The molecule has 3 heteroatoms. The molecule has 0 aromatic heterocycles. The third kappa shape index (κ3) is 3.97. The lowest BCUT2D eigenvalue weighted by Crippen LogP contribution is -2.34. The highest BCUT2D eigenvalue weighted by atomic mass is 79.9. The minimum atomic E-state index is 0.0717. The fraction of sp³-hybridized carbons (Fsp3) is 0.462. The van der Waals surface area contributed by atoms with Crippen molar-refractivity contribution in [3.63, 3.8) is 0 Å². The van der Waals surface area contributed by atoms with Crippen LogP contribution in [0.1, 0.15) is 31.1 Å². The van der Waals surface area contributed by atoms with E-state index < -0.39 is 0 Å². The highest BCUT2D eigenvalue weighted by Crippen LogP contribution is 2.17. The zero-order valence-electron chi connectivity index (χ0n) is 10.2. The maximum atomic E-state index is 12.0. The van der Waals surface area contributed by atoms with Crippen molar-refractivity contribution in [3.8, 4) is 0 Å². The van der Waals surface area contributed by atoms with E-state index in [9.17, 15) is 4.79 Å². The predicted octanol–water partition coefficient (Wildman–Crippen LogP) is 3.57. The number of hydrogen-bond donors (Lipinski definition) is 0. The van der Waals surface area contributed by atoms with Gasteiger partial charge in [0, 0.05) is 23.6 Å². The summed E-state index contributed by atoms with van der Waals surface area (Å²) in [5.41, 5.74) is 0.856. The molecule has 0 radical (unpaired) electrons. The van der Waals surface area contributed by atoms with Crippen LogP contribution in [0.2, 0.25) is 0 Å². The Bertz CT molecular complexity index is 365. The highest BCUT2D eigenvalue weighted by molar-refractivity contribution is 9.10. The SMILES string of the molecule is CN(CC(C)(C)C)C(=O)c1ccc(Br)cc1. The number of halogens is 1. The molecule has 0 aliphatic heterocycles. The summed E-state index contributed by atoms with van der Waals surface area (Å²) in [6.45, 7) is 7.12. The van der Waals surface area contributed by atoms with Crippen molar-refractivity contribution in [1.29, 1.82) is 0 Å². The number of nitrogens with zero attached hydrogens (tertiary/aromatic N) is 1.